The molecule has 2 aromatic carbocycles. The van der Waals surface area contributed by atoms with E-state index in [2.05, 4.69) is 13.8 Å². The largest absolute Gasteiger partial charge is 0.508 e. The van der Waals surface area contributed by atoms with Gasteiger partial charge in [-0.3, -0.25) is 9.59 Å². The van der Waals surface area contributed by atoms with Crippen LogP contribution in [0, 0.1) is 12.8 Å². The van der Waals surface area contributed by atoms with Gasteiger partial charge in [0.1, 0.15) is 17.3 Å². The summed E-state index contributed by atoms with van der Waals surface area (Å²) < 4.78 is 5.76. The number of likely N-dealkylation sites (tertiary alicyclic amines) is 1. The molecule has 0 aliphatic carbocycles. The summed E-state index contributed by atoms with van der Waals surface area (Å²) in [5, 5.41) is 21.0. The Morgan fingerprint density at radius 2 is 1.79 bits per heavy atom. The molecule has 0 unspecified atom stereocenters. The second-order valence-corrected chi connectivity index (χ2v) is 9.07. The SMILES string of the molecule is Cc1cc(OCC(C)C)ccc1C(O)=C1C(=O)C(=O)N(CCN(C)C)[C@@H]1c1ccc(O)cc1. The van der Waals surface area contributed by atoms with E-state index in [-0.39, 0.29) is 17.1 Å². The Morgan fingerprint density at radius 1 is 1.12 bits per heavy atom. The Balaban J connectivity index is 2.07. The van der Waals surface area contributed by atoms with Gasteiger partial charge in [-0.1, -0.05) is 26.0 Å². The van der Waals surface area contributed by atoms with Crippen molar-refractivity contribution in [1.29, 1.82) is 0 Å². The molecule has 7 nitrogen and oxygen atoms in total. The lowest BCUT2D eigenvalue weighted by atomic mass is 9.94. The van der Waals surface area contributed by atoms with Crippen LogP contribution in [0.2, 0.25) is 0 Å². The van der Waals surface area contributed by atoms with Gasteiger partial charge in [-0.15, -0.1) is 0 Å². The van der Waals surface area contributed by atoms with Crippen LogP contribution in [0.1, 0.15) is 36.6 Å². The molecule has 7 heteroatoms. The Labute approximate surface area is 194 Å². The molecule has 33 heavy (non-hydrogen) atoms. The molecule has 0 bridgehead atoms. The summed E-state index contributed by atoms with van der Waals surface area (Å²) in [7, 11) is 3.77. The van der Waals surface area contributed by atoms with E-state index in [1.54, 1.807) is 24.3 Å². The molecule has 0 aromatic heterocycles. The summed E-state index contributed by atoms with van der Waals surface area (Å²) in [6, 6.07) is 10.9. The number of phenolic OH excluding ortho intramolecular Hbond substituents is 1. The van der Waals surface area contributed by atoms with Crippen molar-refractivity contribution in [3.05, 3.63) is 64.7 Å². The number of rotatable bonds is 8. The number of nitrogens with zero attached hydrogens (tertiary/aromatic N) is 2. The lowest BCUT2D eigenvalue weighted by molar-refractivity contribution is -0.140. The Kier molecular flexibility index (Phi) is 7.43. The summed E-state index contributed by atoms with van der Waals surface area (Å²) in [5.41, 5.74) is 1.89. The van der Waals surface area contributed by atoms with Crippen molar-refractivity contribution in [1.82, 2.24) is 9.80 Å². The quantitative estimate of drug-likeness (QED) is 0.360. The smallest absolute Gasteiger partial charge is 0.295 e. The summed E-state index contributed by atoms with van der Waals surface area (Å²) in [6.45, 7) is 7.40. The Morgan fingerprint density at radius 3 is 2.36 bits per heavy atom. The van der Waals surface area contributed by atoms with E-state index in [4.69, 9.17) is 4.74 Å². The van der Waals surface area contributed by atoms with Crippen molar-refractivity contribution in [3.63, 3.8) is 0 Å². The fourth-order valence-corrected chi connectivity index (χ4v) is 3.82. The molecule has 0 radical (unpaired) electrons. The second kappa shape index (κ2) is 10.1. The lowest BCUT2D eigenvalue weighted by Crippen LogP contribution is -2.35. The van der Waals surface area contributed by atoms with Gasteiger partial charge in [-0.2, -0.15) is 0 Å². The Hall–Kier alpha value is -3.32. The number of ketones is 1. The first-order valence-electron chi connectivity index (χ1n) is 11.1. The summed E-state index contributed by atoms with van der Waals surface area (Å²) >= 11 is 0. The molecular weight excluding hydrogens is 420 g/mol. The lowest BCUT2D eigenvalue weighted by Gasteiger charge is -2.26. The minimum absolute atomic E-state index is 0.0448. The van der Waals surface area contributed by atoms with Crippen LogP contribution >= 0.6 is 0 Å². The number of carbonyl (C=O) groups excluding carboxylic acids is 2. The number of carbonyl (C=O) groups is 2. The van der Waals surface area contributed by atoms with Gasteiger partial charge in [0, 0.05) is 18.7 Å². The molecule has 1 heterocycles. The molecular formula is C26H32N2O5. The number of likely N-dealkylation sites (N-methyl/N-ethyl adjacent to an activating group) is 1. The van der Waals surface area contributed by atoms with Crippen LogP contribution in [-0.2, 0) is 9.59 Å². The number of hydrogen-bond donors (Lipinski definition) is 2. The fraction of sp³-hybridized carbons (Fsp3) is 0.385. The van der Waals surface area contributed by atoms with Crippen LogP contribution in [-0.4, -0.2) is 65.5 Å². The second-order valence-electron chi connectivity index (χ2n) is 9.07. The highest BCUT2D eigenvalue weighted by molar-refractivity contribution is 6.46. The minimum Gasteiger partial charge on any atom is -0.508 e. The summed E-state index contributed by atoms with van der Waals surface area (Å²) in [4.78, 5) is 29.4. The highest BCUT2D eigenvalue weighted by Crippen LogP contribution is 2.40. The molecule has 2 N–H and O–H groups in total. The maximum atomic E-state index is 13.1. The van der Waals surface area contributed by atoms with Crippen molar-refractivity contribution in [3.8, 4) is 11.5 Å². The van der Waals surface area contributed by atoms with Gasteiger partial charge in [0.15, 0.2) is 0 Å². The molecule has 176 valence electrons. The maximum Gasteiger partial charge on any atom is 0.295 e. The number of Topliss-reactive ketones (excluding diaryl/α,β-unsaturated/α-hetero) is 1. The fourth-order valence-electron chi connectivity index (χ4n) is 3.82. The molecule has 1 saturated heterocycles. The number of aliphatic hydroxyl groups is 1. The molecule has 1 aliphatic heterocycles. The molecule has 1 atom stereocenters. The van der Waals surface area contributed by atoms with E-state index < -0.39 is 17.7 Å². The number of benzene rings is 2. The van der Waals surface area contributed by atoms with Crippen LogP contribution in [0.5, 0.6) is 11.5 Å². The normalized spacial score (nSPS) is 17.9. The van der Waals surface area contributed by atoms with Crippen molar-refractivity contribution in [2.45, 2.75) is 26.8 Å². The zero-order chi connectivity index (χ0) is 24.3. The van der Waals surface area contributed by atoms with Gasteiger partial charge in [-0.25, -0.2) is 0 Å². The third-order valence-electron chi connectivity index (χ3n) is 5.57. The standard InChI is InChI=1S/C26H32N2O5/c1-16(2)15-33-20-10-11-21(17(3)14-20)24(30)22-23(18-6-8-19(29)9-7-18)28(13-12-27(4)5)26(32)25(22)31/h6-11,14,16,23,29-30H,12-13,15H2,1-5H3/t23-/m1/s1. The maximum absolute atomic E-state index is 13.1. The minimum atomic E-state index is -0.748. The van der Waals surface area contributed by atoms with E-state index >= 15 is 0 Å². The third-order valence-corrected chi connectivity index (χ3v) is 5.57. The topological polar surface area (TPSA) is 90.3 Å². The first kappa shape index (κ1) is 24.3. The highest BCUT2D eigenvalue weighted by Gasteiger charge is 2.46. The van der Waals surface area contributed by atoms with Crippen molar-refractivity contribution in [2.24, 2.45) is 5.92 Å². The van der Waals surface area contributed by atoms with Crippen LogP contribution in [0.15, 0.2) is 48.0 Å². The first-order valence-corrected chi connectivity index (χ1v) is 11.1. The first-order chi connectivity index (χ1) is 15.6. The molecule has 0 saturated carbocycles. The Bertz CT molecular complexity index is 1060. The molecule has 1 fully saturated rings. The van der Waals surface area contributed by atoms with E-state index in [0.29, 0.717) is 42.5 Å². The number of aryl methyl sites for hydroxylation is 1. The van der Waals surface area contributed by atoms with Crippen LogP contribution < -0.4 is 4.74 Å². The molecule has 1 aliphatic rings. The predicted octanol–water partition coefficient (Wildman–Crippen LogP) is 3.72. The average Bonchev–Trinajstić information content (AvgIpc) is 3.01. The zero-order valence-electron chi connectivity index (χ0n) is 19.8. The van der Waals surface area contributed by atoms with E-state index in [9.17, 15) is 19.8 Å². The van der Waals surface area contributed by atoms with Crippen LogP contribution in [0.25, 0.3) is 5.76 Å². The predicted molar refractivity (Wildman–Crippen MR) is 127 cm³/mol. The molecule has 2 aromatic rings. The van der Waals surface area contributed by atoms with E-state index in [1.165, 1.54) is 17.0 Å². The molecule has 0 spiro atoms. The van der Waals surface area contributed by atoms with Gasteiger partial charge in [0.2, 0.25) is 0 Å². The molecule has 1 amide bonds. The van der Waals surface area contributed by atoms with Crippen molar-refractivity contribution in [2.75, 3.05) is 33.8 Å². The molecule has 3 rings (SSSR count). The number of aliphatic hydroxyl groups excluding tert-OH is 1. The van der Waals surface area contributed by atoms with E-state index in [1.807, 2.05) is 32.0 Å². The van der Waals surface area contributed by atoms with Gasteiger partial charge in [0.05, 0.1) is 18.2 Å². The number of amides is 1. The number of ether oxygens (including phenoxy) is 1. The summed E-state index contributed by atoms with van der Waals surface area (Å²) in [6.07, 6.45) is 0. The van der Waals surface area contributed by atoms with Gasteiger partial charge in [-0.05, 0) is 68.4 Å². The number of phenols is 1. The third kappa shape index (κ3) is 5.37. The van der Waals surface area contributed by atoms with E-state index in [0.717, 1.165) is 5.56 Å². The average molecular weight is 453 g/mol. The number of aromatic hydroxyl groups is 1. The monoisotopic (exact) mass is 452 g/mol. The van der Waals surface area contributed by atoms with Gasteiger partial charge >= 0.3 is 0 Å². The summed E-state index contributed by atoms with van der Waals surface area (Å²) in [5.74, 6) is -0.445. The van der Waals surface area contributed by atoms with Crippen LogP contribution in [0.4, 0.5) is 0 Å². The zero-order valence-corrected chi connectivity index (χ0v) is 19.8. The van der Waals surface area contributed by atoms with Crippen molar-refractivity contribution < 1.29 is 24.5 Å². The van der Waals surface area contributed by atoms with Gasteiger partial charge < -0.3 is 24.7 Å². The highest BCUT2D eigenvalue weighted by atomic mass is 16.5. The van der Waals surface area contributed by atoms with Crippen molar-refractivity contribution >= 4 is 17.4 Å². The number of hydrogen-bond acceptors (Lipinski definition) is 6. The van der Waals surface area contributed by atoms with Crippen LogP contribution in [0.3, 0.4) is 0 Å². The van der Waals surface area contributed by atoms with Gasteiger partial charge in [0.25, 0.3) is 11.7 Å².